The minimum absolute atomic E-state index is 0.0879. The maximum atomic E-state index is 12.3. The molecule has 22 heavy (non-hydrogen) atoms. The topological polar surface area (TPSA) is 40.5 Å². The molecule has 1 aliphatic heterocycles. The molecular weight excluding hydrogens is 276 g/mol. The van der Waals surface area contributed by atoms with Crippen molar-refractivity contribution in [2.24, 2.45) is 5.92 Å². The number of likely N-dealkylation sites (tertiary alicyclic amines) is 1. The number of aryl methyl sites for hydroxylation is 1. The van der Waals surface area contributed by atoms with Crippen LogP contribution >= 0.6 is 0 Å². The Balaban J connectivity index is 1.65. The predicted molar refractivity (Wildman–Crippen MR) is 89.9 cm³/mol. The summed E-state index contributed by atoms with van der Waals surface area (Å²) in [6, 6.07) is 4.14. The summed E-state index contributed by atoms with van der Waals surface area (Å²) in [5.41, 5.74) is 0. The lowest BCUT2D eigenvalue weighted by molar-refractivity contribution is 0.190. The lowest BCUT2D eigenvalue weighted by atomic mass is 10.1. The molecule has 1 saturated heterocycles. The average Bonchev–Trinajstić information content (AvgIpc) is 3.20. The zero-order chi connectivity index (χ0) is 15.8. The second-order valence-corrected chi connectivity index (χ2v) is 6.09. The Labute approximate surface area is 134 Å². The monoisotopic (exact) mass is 306 g/mol. The number of aromatic nitrogens is 1. The van der Waals surface area contributed by atoms with Crippen LogP contribution in [-0.4, -0.2) is 59.7 Å². The van der Waals surface area contributed by atoms with Crippen LogP contribution < -0.4 is 5.32 Å². The Hall–Kier alpha value is -1.49. The number of nitrogens with one attached hydrogen (secondary N) is 1. The highest BCUT2D eigenvalue weighted by atomic mass is 16.2. The van der Waals surface area contributed by atoms with Gasteiger partial charge in [-0.1, -0.05) is 6.92 Å². The van der Waals surface area contributed by atoms with Gasteiger partial charge in [-0.25, -0.2) is 4.79 Å². The van der Waals surface area contributed by atoms with E-state index >= 15 is 0 Å². The predicted octanol–water partition coefficient (Wildman–Crippen LogP) is 2.25. The summed E-state index contributed by atoms with van der Waals surface area (Å²) < 4.78 is 2.14. The van der Waals surface area contributed by atoms with Gasteiger partial charge in [0.1, 0.15) is 0 Å². The first-order valence-corrected chi connectivity index (χ1v) is 8.58. The van der Waals surface area contributed by atoms with Crippen molar-refractivity contribution in [2.45, 2.75) is 33.2 Å². The third kappa shape index (κ3) is 5.05. The summed E-state index contributed by atoms with van der Waals surface area (Å²) in [4.78, 5) is 16.7. The molecule has 2 rings (SSSR count). The molecule has 1 fully saturated rings. The van der Waals surface area contributed by atoms with Gasteiger partial charge in [0.15, 0.2) is 0 Å². The summed E-state index contributed by atoms with van der Waals surface area (Å²) in [5, 5.41) is 3.06. The highest BCUT2D eigenvalue weighted by Crippen LogP contribution is 2.17. The molecule has 1 atom stereocenters. The second kappa shape index (κ2) is 8.83. The number of carbonyl (C=O) groups excluding carboxylic acids is 1. The smallest absolute Gasteiger partial charge is 0.317 e. The lowest BCUT2D eigenvalue weighted by Crippen LogP contribution is -2.43. The first-order valence-electron chi connectivity index (χ1n) is 8.58. The summed E-state index contributed by atoms with van der Waals surface area (Å²) in [5.74, 6) is 0.630. The molecule has 0 radical (unpaired) electrons. The van der Waals surface area contributed by atoms with Crippen LogP contribution in [0.2, 0.25) is 0 Å². The van der Waals surface area contributed by atoms with Gasteiger partial charge in [0.25, 0.3) is 0 Å². The Morgan fingerprint density at radius 2 is 2.09 bits per heavy atom. The van der Waals surface area contributed by atoms with E-state index in [1.807, 2.05) is 17.0 Å². The van der Waals surface area contributed by atoms with Crippen molar-refractivity contribution in [2.75, 3.05) is 39.3 Å². The maximum Gasteiger partial charge on any atom is 0.317 e. The van der Waals surface area contributed by atoms with Gasteiger partial charge in [0, 0.05) is 45.1 Å². The van der Waals surface area contributed by atoms with E-state index in [9.17, 15) is 4.79 Å². The molecule has 1 unspecified atom stereocenters. The molecule has 2 amide bonds. The number of hydrogen-bond acceptors (Lipinski definition) is 2. The molecule has 124 valence electrons. The summed E-state index contributed by atoms with van der Waals surface area (Å²) in [6.45, 7) is 11.1. The lowest BCUT2D eigenvalue weighted by Gasteiger charge is -2.25. The Bertz CT molecular complexity index is 432. The quantitative estimate of drug-likeness (QED) is 0.748. The molecule has 0 spiro atoms. The van der Waals surface area contributed by atoms with E-state index in [1.54, 1.807) is 0 Å². The van der Waals surface area contributed by atoms with Crippen LogP contribution in [0, 0.1) is 5.92 Å². The Morgan fingerprint density at radius 3 is 2.73 bits per heavy atom. The molecule has 2 heterocycles. The SMILES string of the molecule is CCN1CCC(CN(CC)C(=O)NCCCn2cccc2)C1. The second-order valence-electron chi connectivity index (χ2n) is 6.09. The van der Waals surface area contributed by atoms with Crippen molar-refractivity contribution in [1.82, 2.24) is 19.7 Å². The average molecular weight is 306 g/mol. The number of hydrogen-bond donors (Lipinski definition) is 1. The molecule has 0 bridgehead atoms. The van der Waals surface area contributed by atoms with Gasteiger partial charge in [0.05, 0.1) is 0 Å². The summed E-state index contributed by atoms with van der Waals surface area (Å²) >= 11 is 0. The van der Waals surface area contributed by atoms with Gasteiger partial charge in [-0.2, -0.15) is 0 Å². The van der Waals surface area contributed by atoms with Gasteiger partial charge in [-0.05, 0) is 50.9 Å². The van der Waals surface area contributed by atoms with Crippen molar-refractivity contribution >= 4 is 6.03 Å². The summed E-state index contributed by atoms with van der Waals surface area (Å²) in [6.07, 6.45) is 6.29. The van der Waals surface area contributed by atoms with Crippen LogP contribution in [0.5, 0.6) is 0 Å². The fourth-order valence-corrected chi connectivity index (χ4v) is 3.10. The minimum Gasteiger partial charge on any atom is -0.354 e. The molecule has 5 nitrogen and oxygen atoms in total. The van der Waals surface area contributed by atoms with Crippen molar-refractivity contribution < 1.29 is 4.79 Å². The van der Waals surface area contributed by atoms with E-state index in [2.05, 4.69) is 41.0 Å². The minimum atomic E-state index is 0.0879. The van der Waals surface area contributed by atoms with E-state index in [-0.39, 0.29) is 6.03 Å². The standard InChI is InChI=1S/C17H30N4O/c1-3-19-13-8-16(14-19)15-21(4-2)17(22)18-9-7-12-20-10-5-6-11-20/h5-6,10-11,16H,3-4,7-9,12-15H2,1-2H3,(H,18,22). The van der Waals surface area contributed by atoms with Crippen LogP contribution in [0.4, 0.5) is 4.79 Å². The molecule has 0 aliphatic carbocycles. The van der Waals surface area contributed by atoms with Crippen molar-refractivity contribution in [3.63, 3.8) is 0 Å². The van der Waals surface area contributed by atoms with Crippen LogP contribution in [0.25, 0.3) is 0 Å². The molecular formula is C17H30N4O. The van der Waals surface area contributed by atoms with Gasteiger partial charge in [-0.15, -0.1) is 0 Å². The molecule has 5 heteroatoms. The zero-order valence-electron chi connectivity index (χ0n) is 14.0. The first-order chi connectivity index (χ1) is 10.7. The van der Waals surface area contributed by atoms with Crippen LogP contribution in [0.15, 0.2) is 24.5 Å². The van der Waals surface area contributed by atoms with Crippen molar-refractivity contribution in [3.8, 4) is 0 Å². The van der Waals surface area contributed by atoms with Crippen molar-refractivity contribution in [1.29, 1.82) is 0 Å². The Morgan fingerprint density at radius 1 is 1.32 bits per heavy atom. The van der Waals surface area contributed by atoms with E-state index in [4.69, 9.17) is 0 Å². The molecule has 1 aromatic rings. The van der Waals surface area contributed by atoms with Crippen LogP contribution in [0.1, 0.15) is 26.7 Å². The summed E-state index contributed by atoms with van der Waals surface area (Å²) in [7, 11) is 0. The molecule has 1 aromatic heterocycles. The fraction of sp³-hybridized carbons (Fsp3) is 0.706. The fourth-order valence-electron chi connectivity index (χ4n) is 3.10. The van der Waals surface area contributed by atoms with Gasteiger partial charge >= 0.3 is 6.03 Å². The number of rotatable bonds is 8. The molecule has 0 aromatic carbocycles. The van der Waals surface area contributed by atoms with Crippen molar-refractivity contribution in [3.05, 3.63) is 24.5 Å². The van der Waals surface area contributed by atoms with Crippen LogP contribution in [0.3, 0.4) is 0 Å². The molecule has 1 aliphatic rings. The van der Waals surface area contributed by atoms with Gasteiger partial charge < -0.3 is 19.7 Å². The molecule has 1 N–H and O–H groups in total. The number of urea groups is 1. The highest BCUT2D eigenvalue weighted by Gasteiger charge is 2.24. The largest absolute Gasteiger partial charge is 0.354 e. The van der Waals surface area contributed by atoms with E-state index in [0.717, 1.165) is 45.7 Å². The normalized spacial score (nSPS) is 18.5. The van der Waals surface area contributed by atoms with Gasteiger partial charge in [0.2, 0.25) is 0 Å². The zero-order valence-corrected chi connectivity index (χ0v) is 14.0. The number of carbonyl (C=O) groups is 1. The Kier molecular flexibility index (Phi) is 6.77. The van der Waals surface area contributed by atoms with Gasteiger partial charge in [-0.3, -0.25) is 0 Å². The highest BCUT2D eigenvalue weighted by molar-refractivity contribution is 5.74. The number of amides is 2. The number of nitrogens with zero attached hydrogens (tertiary/aromatic N) is 3. The molecule has 0 saturated carbocycles. The third-order valence-corrected chi connectivity index (χ3v) is 4.50. The maximum absolute atomic E-state index is 12.3. The first kappa shape index (κ1) is 16.9. The van der Waals surface area contributed by atoms with Crippen LogP contribution in [-0.2, 0) is 6.54 Å². The van der Waals surface area contributed by atoms with E-state index < -0.39 is 0 Å². The van der Waals surface area contributed by atoms with E-state index in [1.165, 1.54) is 13.0 Å². The third-order valence-electron chi connectivity index (χ3n) is 4.50. The van der Waals surface area contributed by atoms with E-state index in [0.29, 0.717) is 5.92 Å².